The second-order valence-electron chi connectivity index (χ2n) is 9.63. The molecule has 3 aliphatic rings. The first kappa shape index (κ1) is 22.7. The lowest BCUT2D eigenvalue weighted by Crippen LogP contribution is -2.51. The summed E-state index contributed by atoms with van der Waals surface area (Å²) in [5.41, 5.74) is 2.39. The van der Waals surface area contributed by atoms with Gasteiger partial charge in [0.2, 0.25) is 15.9 Å². The predicted molar refractivity (Wildman–Crippen MR) is 123 cm³/mol. The van der Waals surface area contributed by atoms with Gasteiger partial charge in [0, 0.05) is 31.6 Å². The van der Waals surface area contributed by atoms with Crippen molar-refractivity contribution in [2.45, 2.75) is 81.1 Å². The number of hydrogen-bond acceptors (Lipinski definition) is 4. The van der Waals surface area contributed by atoms with Crippen molar-refractivity contribution in [2.75, 3.05) is 33.2 Å². The predicted octanol–water partition coefficient (Wildman–Crippen LogP) is 3.10. The second-order valence-corrected chi connectivity index (χ2v) is 11.6. The summed E-state index contributed by atoms with van der Waals surface area (Å²) in [6, 6.07) is 5.65. The van der Waals surface area contributed by atoms with Crippen LogP contribution in [0.5, 0.6) is 0 Å². The summed E-state index contributed by atoms with van der Waals surface area (Å²) < 4.78 is 28.5. The molecule has 1 saturated carbocycles. The molecule has 4 rings (SSSR count). The maximum atomic E-state index is 13.5. The molecule has 1 spiro atoms. The van der Waals surface area contributed by atoms with Crippen LogP contribution >= 0.6 is 0 Å². The molecular weight excluding hydrogens is 410 g/mol. The summed E-state index contributed by atoms with van der Waals surface area (Å²) in [5.74, 6) is 0.0433. The van der Waals surface area contributed by atoms with Gasteiger partial charge in [0.25, 0.3) is 0 Å². The molecule has 0 aromatic heterocycles. The fourth-order valence-corrected chi connectivity index (χ4v) is 7.21. The molecule has 2 fully saturated rings. The molecule has 1 aromatic carbocycles. The summed E-state index contributed by atoms with van der Waals surface area (Å²) in [6.45, 7) is 1.98. The van der Waals surface area contributed by atoms with Crippen LogP contribution in [0.4, 0.5) is 0 Å². The summed E-state index contributed by atoms with van der Waals surface area (Å²) in [5, 5.41) is 3.00. The maximum absolute atomic E-state index is 13.5. The fourth-order valence-electron chi connectivity index (χ4n) is 5.68. The minimum atomic E-state index is -3.58. The number of fused-ring (bicyclic) bond motifs is 1. The van der Waals surface area contributed by atoms with E-state index in [1.54, 1.807) is 10.4 Å². The standard InChI is InChI=1S/C24H37N3O3S/c1-26-15-7-16-27(17-14-25-23(28)19-24(26)12-5-2-6-13-24)31(29,30)22-11-10-20-8-3-4-9-21(20)18-22/h10-11,18H,2-9,12-17,19H2,1H3,(H,25,28). The number of sulfonamides is 1. The Hall–Kier alpha value is -1.44. The number of aryl methyl sites for hydroxylation is 2. The van der Waals surface area contributed by atoms with Crippen LogP contribution in [0.15, 0.2) is 23.1 Å². The number of hydrogen-bond donors (Lipinski definition) is 1. The van der Waals surface area contributed by atoms with E-state index in [0.717, 1.165) is 57.9 Å². The fraction of sp³-hybridized carbons (Fsp3) is 0.708. The molecule has 1 aromatic rings. The second kappa shape index (κ2) is 9.59. The molecule has 7 heteroatoms. The van der Waals surface area contributed by atoms with E-state index in [-0.39, 0.29) is 11.4 Å². The first-order valence-corrected chi connectivity index (χ1v) is 13.4. The Morgan fingerprint density at radius 3 is 2.42 bits per heavy atom. The van der Waals surface area contributed by atoms with Crippen LogP contribution in [0.2, 0.25) is 0 Å². The lowest BCUT2D eigenvalue weighted by atomic mass is 9.77. The van der Waals surface area contributed by atoms with E-state index in [2.05, 4.69) is 17.3 Å². The Morgan fingerprint density at radius 1 is 0.903 bits per heavy atom. The van der Waals surface area contributed by atoms with Crippen molar-refractivity contribution in [3.8, 4) is 0 Å². The number of carbonyl (C=O) groups excluding carboxylic acids is 1. The minimum Gasteiger partial charge on any atom is -0.355 e. The van der Waals surface area contributed by atoms with Crippen molar-refractivity contribution in [3.05, 3.63) is 29.3 Å². The van der Waals surface area contributed by atoms with Crippen LogP contribution in [0.3, 0.4) is 0 Å². The van der Waals surface area contributed by atoms with Gasteiger partial charge in [0.05, 0.1) is 4.90 Å². The highest BCUT2D eigenvalue weighted by molar-refractivity contribution is 7.89. The van der Waals surface area contributed by atoms with E-state index in [0.29, 0.717) is 31.0 Å². The minimum absolute atomic E-state index is 0.0433. The van der Waals surface area contributed by atoms with Gasteiger partial charge in [-0.25, -0.2) is 8.42 Å². The molecule has 1 heterocycles. The van der Waals surface area contributed by atoms with Crippen LogP contribution in [0, 0.1) is 0 Å². The van der Waals surface area contributed by atoms with Gasteiger partial charge >= 0.3 is 0 Å². The van der Waals surface area contributed by atoms with E-state index in [1.807, 2.05) is 12.1 Å². The molecule has 31 heavy (non-hydrogen) atoms. The van der Waals surface area contributed by atoms with Gasteiger partial charge in [-0.2, -0.15) is 4.31 Å². The number of amides is 1. The topological polar surface area (TPSA) is 69.7 Å². The van der Waals surface area contributed by atoms with Crippen LogP contribution in [-0.2, 0) is 27.7 Å². The molecular formula is C24H37N3O3S. The first-order valence-electron chi connectivity index (χ1n) is 12.0. The van der Waals surface area contributed by atoms with Crippen LogP contribution < -0.4 is 5.32 Å². The zero-order valence-corrected chi connectivity index (χ0v) is 19.7. The first-order chi connectivity index (χ1) is 14.9. The van der Waals surface area contributed by atoms with Crippen molar-refractivity contribution in [1.29, 1.82) is 0 Å². The Bertz CT molecular complexity index is 893. The molecule has 1 saturated heterocycles. The van der Waals surface area contributed by atoms with Crippen molar-refractivity contribution < 1.29 is 13.2 Å². The molecule has 0 bridgehead atoms. The Morgan fingerprint density at radius 2 is 1.65 bits per heavy atom. The highest BCUT2D eigenvalue weighted by Gasteiger charge is 2.38. The van der Waals surface area contributed by atoms with E-state index in [1.165, 1.54) is 24.0 Å². The zero-order valence-electron chi connectivity index (χ0n) is 18.9. The van der Waals surface area contributed by atoms with Gasteiger partial charge < -0.3 is 10.2 Å². The molecule has 172 valence electrons. The number of rotatable bonds is 2. The summed E-state index contributed by atoms with van der Waals surface area (Å²) in [6.07, 6.45) is 11.3. The molecule has 1 amide bonds. The highest BCUT2D eigenvalue weighted by atomic mass is 32.2. The molecule has 6 nitrogen and oxygen atoms in total. The average Bonchev–Trinajstić information content (AvgIpc) is 2.80. The third kappa shape index (κ3) is 4.99. The largest absolute Gasteiger partial charge is 0.355 e. The molecule has 1 N–H and O–H groups in total. The van der Waals surface area contributed by atoms with Crippen LogP contribution in [-0.4, -0.2) is 62.3 Å². The molecule has 0 radical (unpaired) electrons. The average molecular weight is 448 g/mol. The third-order valence-corrected chi connectivity index (χ3v) is 9.52. The van der Waals surface area contributed by atoms with Crippen molar-refractivity contribution in [3.63, 3.8) is 0 Å². The van der Waals surface area contributed by atoms with Gasteiger partial charge in [0.1, 0.15) is 0 Å². The van der Waals surface area contributed by atoms with E-state index < -0.39 is 10.0 Å². The van der Waals surface area contributed by atoms with Crippen molar-refractivity contribution in [2.24, 2.45) is 0 Å². The lowest BCUT2D eigenvalue weighted by molar-refractivity contribution is -0.124. The number of carbonyl (C=O) groups is 1. The maximum Gasteiger partial charge on any atom is 0.243 e. The van der Waals surface area contributed by atoms with Gasteiger partial charge in [-0.05, 0) is 81.8 Å². The Labute approximate surface area is 187 Å². The van der Waals surface area contributed by atoms with Crippen LogP contribution in [0.25, 0.3) is 0 Å². The number of benzene rings is 1. The van der Waals surface area contributed by atoms with Gasteiger partial charge in [-0.15, -0.1) is 0 Å². The molecule has 0 unspecified atom stereocenters. The highest BCUT2D eigenvalue weighted by Crippen LogP contribution is 2.36. The smallest absolute Gasteiger partial charge is 0.243 e. The quantitative estimate of drug-likeness (QED) is 0.756. The Balaban J connectivity index is 1.52. The molecule has 0 atom stereocenters. The van der Waals surface area contributed by atoms with Crippen molar-refractivity contribution >= 4 is 15.9 Å². The third-order valence-electron chi connectivity index (χ3n) is 7.63. The summed E-state index contributed by atoms with van der Waals surface area (Å²) in [4.78, 5) is 15.4. The summed E-state index contributed by atoms with van der Waals surface area (Å²) in [7, 11) is -1.47. The SMILES string of the molecule is CN1CCCN(S(=O)(=O)c2ccc3c(c2)CCCC3)CCNC(=O)CC12CCCCC2. The molecule has 2 aliphatic carbocycles. The zero-order chi connectivity index (χ0) is 21.9. The summed E-state index contributed by atoms with van der Waals surface area (Å²) >= 11 is 0. The van der Waals surface area contributed by atoms with Gasteiger partial charge in [-0.3, -0.25) is 4.79 Å². The normalized spacial score (nSPS) is 24.2. The monoisotopic (exact) mass is 447 g/mol. The van der Waals surface area contributed by atoms with E-state index >= 15 is 0 Å². The van der Waals surface area contributed by atoms with Gasteiger partial charge in [-0.1, -0.05) is 25.3 Å². The van der Waals surface area contributed by atoms with Gasteiger partial charge in [0.15, 0.2) is 0 Å². The lowest BCUT2D eigenvalue weighted by Gasteiger charge is -2.44. The Kier molecular flexibility index (Phi) is 7.04. The van der Waals surface area contributed by atoms with E-state index in [9.17, 15) is 13.2 Å². The van der Waals surface area contributed by atoms with Crippen molar-refractivity contribution in [1.82, 2.24) is 14.5 Å². The number of nitrogens with one attached hydrogen (secondary N) is 1. The van der Waals surface area contributed by atoms with E-state index in [4.69, 9.17) is 0 Å². The van der Waals surface area contributed by atoms with Crippen LogP contribution in [0.1, 0.15) is 68.9 Å². The molecule has 1 aliphatic heterocycles. The number of nitrogens with zero attached hydrogens (tertiary/aromatic N) is 2.